The topological polar surface area (TPSA) is 53.0 Å². The van der Waals surface area contributed by atoms with Crippen LogP contribution in [-0.4, -0.2) is 65.9 Å². The largest absolute Gasteiger partial charge is 0.449 e. The molecule has 1 atom stereocenters. The molecule has 1 saturated carbocycles. The number of halogens is 1. The van der Waals surface area contributed by atoms with Crippen LogP contribution in [0.1, 0.15) is 63.4 Å². The molecule has 1 saturated heterocycles. The molecule has 1 amide bonds. The van der Waals surface area contributed by atoms with E-state index in [0.29, 0.717) is 19.7 Å². The summed E-state index contributed by atoms with van der Waals surface area (Å²) in [6.07, 6.45) is 6.90. The molecule has 1 heterocycles. The van der Waals surface area contributed by atoms with E-state index in [9.17, 15) is 9.90 Å². The highest BCUT2D eigenvalue weighted by Crippen LogP contribution is 2.41. The Morgan fingerprint density at radius 1 is 1.21 bits per heavy atom. The van der Waals surface area contributed by atoms with Gasteiger partial charge < -0.3 is 14.7 Å². The first-order valence-electron chi connectivity index (χ1n) is 11.1. The van der Waals surface area contributed by atoms with Gasteiger partial charge in [-0.15, -0.1) is 0 Å². The third kappa shape index (κ3) is 6.19. The van der Waals surface area contributed by atoms with Gasteiger partial charge in [0, 0.05) is 43.1 Å². The summed E-state index contributed by atoms with van der Waals surface area (Å²) in [5, 5.41) is 11.5. The zero-order valence-electron chi connectivity index (χ0n) is 17.6. The molecule has 1 unspecified atom stereocenters. The molecule has 1 aromatic rings. The van der Waals surface area contributed by atoms with Gasteiger partial charge in [0.25, 0.3) is 0 Å². The van der Waals surface area contributed by atoms with Crippen molar-refractivity contribution in [2.24, 2.45) is 0 Å². The average Bonchev–Trinajstić information content (AvgIpc) is 2.73. The van der Waals surface area contributed by atoms with Gasteiger partial charge in [0.1, 0.15) is 0 Å². The molecule has 2 fully saturated rings. The van der Waals surface area contributed by atoms with Crippen LogP contribution >= 0.6 is 15.9 Å². The number of carbonyl (C=O) groups is 1. The minimum absolute atomic E-state index is 0.0864. The zero-order chi connectivity index (χ0) is 20.7. The van der Waals surface area contributed by atoms with Crippen molar-refractivity contribution in [2.45, 2.75) is 63.4 Å². The Kier molecular flexibility index (Phi) is 8.39. The van der Waals surface area contributed by atoms with E-state index < -0.39 is 5.60 Å². The summed E-state index contributed by atoms with van der Waals surface area (Å²) in [6.45, 7) is 6.45. The first-order valence-corrected chi connectivity index (χ1v) is 11.9. The van der Waals surface area contributed by atoms with Gasteiger partial charge >= 0.3 is 6.09 Å². The number of rotatable bonds is 7. The summed E-state index contributed by atoms with van der Waals surface area (Å²) in [5.41, 5.74) is 0.556. The number of piperazine rings is 1. The van der Waals surface area contributed by atoms with E-state index in [-0.39, 0.29) is 12.0 Å². The number of benzene rings is 1. The van der Waals surface area contributed by atoms with Crippen molar-refractivity contribution < 1.29 is 14.6 Å². The molecule has 0 radical (unpaired) electrons. The molecule has 162 valence electrons. The monoisotopic (exact) mass is 466 g/mol. The molecule has 0 bridgehead atoms. The van der Waals surface area contributed by atoms with Crippen molar-refractivity contribution in [3.05, 3.63) is 34.3 Å². The number of amides is 1. The Hall–Kier alpha value is -1.11. The summed E-state index contributed by atoms with van der Waals surface area (Å²) in [6, 6.07) is 8.39. The Balaban J connectivity index is 1.62. The fourth-order valence-electron chi connectivity index (χ4n) is 4.59. The average molecular weight is 467 g/mol. The van der Waals surface area contributed by atoms with E-state index in [1.54, 1.807) is 0 Å². The predicted octanol–water partition coefficient (Wildman–Crippen LogP) is 4.78. The number of hydrogen-bond acceptors (Lipinski definition) is 4. The highest BCUT2D eigenvalue weighted by Gasteiger charge is 2.40. The third-order valence-corrected chi connectivity index (χ3v) is 6.91. The lowest BCUT2D eigenvalue weighted by atomic mass is 9.72. The van der Waals surface area contributed by atoms with Gasteiger partial charge in [0.15, 0.2) is 0 Å². The first kappa shape index (κ1) is 22.6. The number of hydrogen-bond donors (Lipinski definition) is 1. The van der Waals surface area contributed by atoms with Crippen LogP contribution in [0.3, 0.4) is 0 Å². The molecule has 0 aromatic heterocycles. The maximum absolute atomic E-state index is 12.2. The summed E-state index contributed by atoms with van der Waals surface area (Å²) < 4.78 is 6.41. The highest BCUT2D eigenvalue weighted by atomic mass is 79.9. The van der Waals surface area contributed by atoms with Gasteiger partial charge in [-0.3, -0.25) is 4.90 Å². The lowest BCUT2D eigenvalue weighted by Gasteiger charge is -2.43. The Labute approximate surface area is 183 Å². The molecule has 2 aliphatic rings. The number of nitrogens with zero attached hydrogens (tertiary/aromatic N) is 2. The summed E-state index contributed by atoms with van der Waals surface area (Å²) in [4.78, 5) is 16.4. The lowest BCUT2D eigenvalue weighted by Crippen LogP contribution is -2.52. The second kappa shape index (κ2) is 10.8. The Morgan fingerprint density at radius 2 is 1.93 bits per heavy atom. The van der Waals surface area contributed by atoms with Crippen LogP contribution in [0.5, 0.6) is 0 Å². The molecule has 5 nitrogen and oxygen atoms in total. The molecule has 1 aliphatic carbocycles. The second-order valence-corrected chi connectivity index (χ2v) is 9.44. The molecule has 1 N–H and O–H groups in total. The molecule has 6 heteroatoms. The maximum Gasteiger partial charge on any atom is 0.409 e. The minimum Gasteiger partial charge on any atom is -0.449 e. The fourth-order valence-corrected chi connectivity index (χ4v) is 5.00. The van der Waals surface area contributed by atoms with Crippen molar-refractivity contribution >= 4 is 22.0 Å². The van der Waals surface area contributed by atoms with Crippen molar-refractivity contribution in [1.82, 2.24) is 9.80 Å². The van der Waals surface area contributed by atoms with Crippen LogP contribution in [0.25, 0.3) is 0 Å². The molecular weight excluding hydrogens is 432 g/mol. The van der Waals surface area contributed by atoms with E-state index in [2.05, 4.69) is 46.0 Å². The molecule has 1 aromatic carbocycles. The number of carbonyl (C=O) groups excluding carboxylic acids is 1. The van der Waals surface area contributed by atoms with Gasteiger partial charge in [0.05, 0.1) is 12.2 Å². The van der Waals surface area contributed by atoms with E-state index in [4.69, 9.17) is 4.74 Å². The number of unbranched alkanes of at least 4 members (excludes halogenated alkanes) is 1. The van der Waals surface area contributed by atoms with E-state index >= 15 is 0 Å². The van der Waals surface area contributed by atoms with Crippen molar-refractivity contribution in [1.29, 1.82) is 0 Å². The lowest BCUT2D eigenvalue weighted by molar-refractivity contribution is -0.0342. The standard InChI is InChI=1S/C23H35BrN2O3/c1-2-3-16-29-22(27)26-14-12-25(13-15-26)18-21(19-8-7-9-20(24)17-19)23(28)10-5-4-6-11-23/h7-9,17,21,28H,2-6,10-16,18H2,1H3. The van der Waals surface area contributed by atoms with E-state index in [0.717, 1.165) is 62.6 Å². The normalized spacial score (nSPS) is 21.0. The summed E-state index contributed by atoms with van der Waals surface area (Å²) >= 11 is 3.59. The summed E-state index contributed by atoms with van der Waals surface area (Å²) in [7, 11) is 0. The van der Waals surface area contributed by atoms with Gasteiger partial charge in [-0.05, 0) is 37.0 Å². The molecule has 0 spiro atoms. The second-order valence-electron chi connectivity index (χ2n) is 8.53. The summed E-state index contributed by atoms with van der Waals surface area (Å²) in [5.74, 6) is 0.0864. The zero-order valence-corrected chi connectivity index (χ0v) is 19.2. The van der Waals surface area contributed by atoms with E-state index in [1.165, 1.54) is 12.0 Å². The number of ether oxygens (including phenoxy) is 1. The SMILES string of the molecule is CCCCOC(=O)N1CCN(CC(c2cccc(Br)c2)C2(O)CCCCC2)CC1. The minimum atomic E-state index is -0.644. The Morgan fingerprint density at radius 3 is 2.59 bits per heavy atom. The molecular formula is C23H35BrN2O3. The van der Waals surface area contributed by atoms with Crippen LogP contribution < -0.4 is 0 Å². The van der Waals surface area contributed by atoms with Gasteiger partial charge in [-0.25, -0.2) is 4.79 Å². The molecule has 3 rings (SSSR count). The first-order chi connectivity index (χ1) is 14.0. The van der Waals surface area contributed by atoms with Crippen LogP contribution in [0.2, 0.25) is 0 Å². The number of aliphatic hydroxyl groups is 1. The fraction of sp³-hybridized carbons (Fsp3) is 0.696. The molecule has 29 heavy (non-hydrogen) atoms. The van der Waals surface area contributed by atoms with Crippen LogP contribution in [0.4, 0.5) is 4.79 Å². The smallest absolute Gasteiger partial charge is 0.409 e. The maximum atomic E-state index is 12.2. The predicted molar refractivity (Wildman–Crippen MR) is 119 cm³/mol. The van der Waals surface area contributed by atoms with Gasteiger partial charge in [0.2, 0.25) is 0 Å². The molecule has 1 aliphatic heterocycles. The third-order valence-electron chi connectivity index (χ3n) is 6.41. The highest BCUT2D eigenvalue weighted by molar-refractivity contribution is 9.10. The van der Waals surface area contributed by atoms with Gasteiger partial charge in [-0.2, -0.15) is 0 Å². The van der Waals surface area contributed by atoms with E-state index in [1.807, 2.05) is 11.0 Å². The Bertz CT molecular complexity index is 655. The quantitative estimate of drug-likeness (QED) is 0.587. The van der Waals surface area contributed by atoms with Crippen molar-refractivity contribution in [2.75, 3.05) is 39.3 Å². The van der Waals surface area contributed by atoms with Crippen molar-refractivity contribution in [3.63, 3.8) is 0 Å². The van der Waals surface area contributed by atoms with Crippen molar-refractivity contribution in [3.8, 4) is 0 Å². The van der Waals surface area contributed by atoms with Gasteiger partial charge in [-0.1, -0.05) is 60.7 Å². The van der Waals surface area contributed by atoms with Crippen LogP contribution in [-0.2, 0) is 4.74 Å². The van der Waals surface area contributed by atoms with Crippen LogP contribution in [0.15, 0.2) is 28.7 Å². The van der Waals surface area contributed by atoms with Crippen LogP contribution in [0, 0.1) is 0 Å².